The van der Waals surface area contributed by atoms with Crippen LogP contribution in [0.4, 0.5) is 11.5 Å². The molecule has 3 rings (SSSR count). The van der Waals surface area contributed by atoms with Crippen LogP contribution in [0.3, 0.4) is 0 Å². The molecule has 0 aliphatic carbocycles. The minimum absolute atomic E-state index is 0.149. The number of rotatable bonds is 5. The molecular formula is C14H10ClN5O2S. The van der Waals surface area contributed by atoms with Crippen LogP contribution in [0.2, 0.25) is 5.02 Å². The van der Waals surface area contributed by atoms with Gasteiger partial charge in [-0.3, -0.25) is 10.1 Å². The zero-order valence-corrected chi connectivity index (χ0v) is 13.2. The van der Waals surface area contributed by atoms with Gasteiger partial charge in [-0.25, -0.2) is 4.98 Å². The molecule has 0 saturated heterocycles. The van der Waals surface area contributed by atoms with E-state index in [1.807, 2.05) is 30.3 Å². The second-order valence-corrected chi connectivity index (χ2v) is 6.00. The Labute approximate surface area is 140 Å². The first-order valence-electron chi connectivity index (χ1n) is 6.55. The smallest absolute Gasteiger partial charge is 0.312 e. The Morgan fingerprint density at radius 1 is 1.26 bits per heavy atom. The maximum absolute atomic E-state index is 11.0. The number of hydrogen-bond acceptors (Lipinski definition) is 7. The number of aromatic nitrogens is 3. The fourth-order valence-corrected chi connectivity index (χ4v) is 2.82. The first kappa shape index (κ1) is 15.3. The Balaban J connectivity index is 1.75. The summed E-state index contributed by atoms with van der Waals surface area (Å²) in [6.07, 6.45) is 1.35. The van der Waals surface area contributed by atoms with E-state index < -0.39 is 4.92 Å². The Morgan fingerprint density at radius 3 is 2.78 bits per heavy atom. The summed E-state index contributed by atoms with van der Waals surface area (Å²) in [7, 11) is 0. The molecule has 0 atom stereocenters. The van der Waals surface area contributed by atoms with Crippen LogP contribution in [0, 0.1) is 10.1 Å². The third-order valence-corrected chi connectivity index (χ3v) is 4.10. The Morgan fingerprint density at radius 2 is 2.04 bits per heavy atom. The number of benzene rings is 1. The van der Waals surface area contributed by atoms with Gasteiger partial charge in [-0.05, 0) is 0 Å². The molecule has 0 saturated carbocycles. The predicted octanol–water partition coefficient (Wildman–Crippen LogP) is 3.77. The highest BCUT2D eigenvalue weighted by Crippen LogP contribution is 2.27. The molecule has 0 bridgehead atoms. The topological polar surface area (TPSA) is 93.8 Å². The molecule has 3 aromatic rings. The third kappa shape index (κ3) is 3.61. The summed E-state index contributed by atoms with van der Waals surface area (Å²) in [5.41, 5.74) is 0.803. The zero-order valence-electron chi connectivity index (χ0n) is 11.6. The lowest BCUT2D eigenvalue weighted by molar-refractivity contribution is -0.384. The molecule has 1 N–H and O–H groups in total. The fourth-order valence-electron chi connectivity index (χ4n) is 1.89. The van der Waals surface area contributed by atoms with Gasteiger partial charge in [-0.2, -0.15) is 0 Å². The van der Waals surface area contributed by atoms with Crippen molar-refractivity contribution in [2.24, 2.45) is 0 Å². The lowest BCUT2D eigenvalue weighted by Gasteiger charge is -2.03. The second kappa shape index (κ2) is 6.67. The molecule has 2 heterocycles. The molecule has 0 amide bonds. The van der Waals surface area contributed by atoms with E-state index >= 15 is 0 Å². The van der Waals surface area contributed by atoms with Gasteiger partial charge in [0.2, 0.25) is 5.82 Å². The Bertz CT molecular complexity index is 840. The molecule has 23 heavy (non-hydrogen) atoms. The van der Waals surface area contributed by atoms with E-state index in [1.54, 1.807) is 0 Å². The molecule has 1 aromatic carbocycles. The van der Waals surface area contributed by atoms with Crippen LogP contribution >= 0.6 is 22.9 Å². The highest BCUT2D eigenvalue weighted by Gasteiger charge is 2.16. The van der Waals surface area contributed by atoms with Crippen molar-refractivity contribution in [1.82, 2.24) is 15.2 Å². The molecule has 0 radical (unpaired) electrons. The minimum Gasteiger partial charge on any atom is -0.358 e. The number of anilines is 1. The van der Waals surface area contributed by atoms with Crippen LogP contribution in [0.15, 0.2) is 42.6 Å². The van der Waals surface area contributed by atoms with Crippen molar-refractivity contribution in [3.63, 3.8) is 0 Å². The average Bonchev–Trinajstić information content (AvgIpc) is 3.03. The van der Waals surface area contributed by atoms with E-state index in [9.17, 15) is 10.1 Å². The fraction of sp³-hybridized carbons (Fsp3) is 0.0714. The molecular weight excluding hydrogens is 338 g/mol. The highest BCUT2D eigenvalue weighted by molar-refractivity contribution is 7.14. The number of nitrogens with zero attached hydrogens (tertiary/aromatic N) is 4. The molecule has 116 valence electrons. The van der Waals surface area contributed by atoms with E-state index in [1.165, 1.54) is 23.6 Å². The normalized spacial score (nSPS) is 10.5. The molecule has 0 aliphatic heterocycles. The van der Waals surface area contributed by atoms with Crippen molar-refractivity contribution < 1.29 is 4.92 Å². The van der Waals surface area contributed by atoms with Gasteiger partial charge >= 0.3 is 5.69 Å². The summed E-state index contributed by atoms with van der Waals surface area (Å²) in [4.78, 5) is 14.4. The van der Waals surface area contributed by atoms with Crippen molar-refractivity contribution in [3.05, 3.63) is 62.7 Å². The minimum atomic E-state index is -0.531. The molecule has 2 aromatic heterocycles. The molecule has 7 nitrogen and oxygen atoms in total. The van der Waals surface area contributed by atoms with E-state index in [2.05, 4.69) is 20.5 Å². The van der Waals surface area contributed by atoms with E-state index in [0.29, 0.717) is 11.6 Å². The summed E-state index contributed by atoms with van der Waals surface area (Å²) in [5, 5.41) is 23.8. The maximum Gasteiger partial charge on any atom is 0.312 e. The zero-order chi connectivity index (χ0) is 16.2. The van der Waals surface area contributed by atoms with Crippen molar-refractivity contribution in [3.8, 4) is 10.6 Å². The van der Waals surface area contributed by atoms with Gasteiger partial charge in [-0.15, -0.1) is 10.2 Å². The van der Waals surface area contributed by atoms with Crippen LogP contribution in [0.25, 0.3) is 10.6 Å². The number of pyridine rings is 1. The lowest BCUT2D eigenvalue weighted by Crippen LogP contribution is -2.04. The number of halogens is 1. The monoisotopic (exact) mass is 347 g/mol. The average molecular weight is 348 g/mol. The standard InChI is InChI=1S/C14H10ClN5O2S/c15-10-6-11(20(21)22)13(16-7-10)17-8-12-18-19-14(23-12)9-4-2-1-3-5-9/h1-7H,8H2,(H,16,17). The maximum atomic E-state index is 11.0. The predicted molar refractivity (Wildman–Crippen MR) is 88.6 cm³/mol. The number of hydrogen-bond donors (Lipinski definition) is 1. The second-order valence-electron chi connectivity index (χ2n) is 4.50. The van der Waals surface area contributed by atoms with Gasteiger partial charge in [0.1, 0.15) is 10.0 Å². The van der Waals surface area contributed by atoms with Crippen LogP contribution in [0.1, 0.15) is 5.01 Å². The molecule has 0 fully saturated rings. The molecule has 9 heteroatoms. The molecule has 0 spiro atoms. The van der Waals surface area contributed by atoms with Crippen LogP contribution in [-0.2, 0) is 6.54 Å². The number of nitro groups is 1. The summed E-state index contributed by atoms with van der Waals surface area (Å²) >= 11 is 7.15. The largest absolute Gasteiger partial charge is 0.358 e. The van der Waals surface area contributed by atoms with Gasteiger partial charge in [-0.1, -0.05) is 53.3 Å². The summed E-state index contributed by atoms with van der Waals surface area (Å²) in [6, 6.07) is 10.9. The molecule has 0 aliphatic rings. The van der Waals surface area contributed by atoms with Gasteiger partial charge < -0.3 is 5.32 Å². The first-order valence-corrected chi connectivity index (χ1v) is 7.74. The highest BCUT2D eigenvalue weighted by atomic mass is 35.5. The Hall–Kier alpha value is -2.58. The summed E-state index contributed by atoms with van der Waals surface area (Å²) in [5.74, 6) is 0.149. The quantitative estimate of drug-likeness (QED) is 0.557. The van der Waals surface area contributed by atoms with E-state index in [0.717, 1.165) is 10.6 Å². The van der Waals surface area contributed by atoms with E-state index in [-0.39, 0.29) is 16.5 Å². The van der Waals surface area contributed by atoms with Gasteiger partial charge in [0.15, 0.2) is 0 Å². The third-order valence-electron chi connectivity index (χ3n) is 2.93. The van der Waals surface area contributed by atoms with Gasteiger partial charge in [0.25, 0.3) is 0 Å². The van der Waals surface area contributed by atoms with Crippen LogP contribution < -0.4 is 5.32 Å². The van der Waals surface area contributed by atoms with Crippen molar-refractivity contribution in [2.45, 2.75) is 6.54 Å². The molecule has 0 unspecified atom stereocenters. The van der Waals surface area contributed by atoms with Gasteiger partial charge in [0, 0.05) is 17.8 Å². The Kier molecular flexibility index (Phi) is 4.45. The van der Waals surface area contributed by atoms with Crippen LogP contribution in [0.5, 0.6) is 0 Å². The summed E-state index contributed by atoms with van der Waals surface area (Å²) in [6.45, 7) is 0.292. The number of nitrogens with one attached hydrogen (secondary N) is 1. The first-order chi connectivity index (χ1) is 11.1. The summed E-state index contributed by atoms with van der Waals surface area (Å²) < 4.78 is 0. The van der Waals surface area contributed by atoms with Crippen molar-refractivity contribution in [1.29, 1.82) is 0 Å². The van der Waals surface area contributed by atoms with Crippen LogP contribution in [-0.4, -0.2) is 20.1 Å². The lowest BCUT2D eigenvalue weighted by atomic mass is 10.2. The van der Waals surface area contributed by atoms with Crippen molar-refractivity contribution in [2.75, 3.05) is 5.32 Å². The SMILES string of the molecule is O=[N+]([O-])c1cc(Cl)cnc1NCc1nnc(-c2ccccc2)s1. The van der Waals surface area contributed by atoms with Crippen molar-refractivity contribution >= 4 is 34.4 Å². The van der Waals surface area contributed by atoms with Gasteiger partial charge in [0.05, 0.1) is 16.5 Å². The van der Waals surface area contributed by atoms with E-state index in [4.69, 9.17) is 11.6 Å².